The van der Waals surface area contributed by atoms with Gasteiger partial charge >= 0.3 is 0 Å². The van der Waals surface area contributed by atoms with Crippen molar-refractivity contribution in [2.24, 2.45) is 0 Å². The molecular weight excluding hydrogens is 388 g/mol. The SMILES string of the molecule is O=C(Nc1cccc(Cn2cccn2)c1)[C@H](c1ccc(Cl)cc1)N1CCOCC1. The van der Waals surface area contributed by atoms with E-state index in [9.17, 15) is 4.79 Å². The van der Waals surface area contributed by atoms with E-state index in [1.54, 1.807) is 6.20 Å². The summed E-state index contributed by atoms with van der Waals surface area (Å²) in [6, 6.07) is 16.8. The zero-order valence-electron chi connectivity index (χ0n) is 16.0. The normalized spacial score (nSPS) is 15.8. The molecule has 4 rings (SSSR count). The molecule has 1 fully saturated rings. The Labute approximate surface area is 175 Å². The van der Waals surface area contributed by atoms with Crippen molar-refractivity contribution in [3.8, 4) is 0 Å². The van der Waals surface area contributed by atoms with Crippen molar-refractivity contribution in [1.29, 1.82) is 0 Å². The van der Waals surface area contributed by atoms with Crippen LogP contribution in [0.2, 0.25) is 5.02 Å². The Balaban J connectivity index is 1.53. The molecule has 29 heavy (non-hydrogen) atoms. The quantitative estimate of drug-likeness (QED) is 0.674. The first-order valence-corrected chi connectivity index (χ1v) is 10.0. The summed E-state index contributed by atoms with van der Waals surface area (Å²) >= 11 is 6.05. The molecule has 7 heteroatoms. The lowest BCUT2D eigenvalue weighted by molar-refractivity contribution is -0.123. The lowest BCUT2D eigenvalue weighted by atomic mass is 10.0. The highest BCUT2D eigenvalue weighted by atomic mass is 35.5. The van der Waals surface area contributed by atoms with Gasteiger partial charge in [0, 0.05) is 36.2 Å². The predicted octanol–water partition coefficient (Wildman–Crippen LogP) is 3.60. The molecule has 1 aromatic heterocycles. The minimum absolute atomic E-state index is 0.0644. The van der Waals surface area contributed by atoms with Gasteiger partial charge in [0.25, 0.3) is 0 Å². The van der Waals surface area contributed by atoms with Crippen LogP contribution in [0.15, 0.2) is 67.0 Å². The van der Waals surface area contributed by atoms with Gasteiger partial charge in [-0.2, -0.15) is 5.10 Å². The standard InChI is InChI=1S/C22H23ClN4O2/c23-19-7-5-18(6-8-19)21(26-11-13-29-14-12-26)22(28)25-20-4-1-3-17(15-20)16-27-10-2-9-24-27/h1-10,15,21H,11-14,16H2,(H,25,28)/t21-/m0/s1. The number of halogens is 1. The Bertz CT molecular complexity index is 938. The lowest BCUT2D eigenvalue weighted by Crippen LogP contribution is -2.43. The van der Waals surface area contributed by atoms with E-state index in [0.29, 0.717) is 37.9 Å². The third-order valence-electron chi connectivity index (χ3n) is 4.94. The third-order valence-corrected chi connectivity index (χ3v) is 5.20. The summed E-state index contributed by atoms with van der Waals surface area (Å²) in [6.45, 7) is 3.31. The van der Waals surface area contributed by atoms with Crippen LogP contribution in [0.25, 0.3) is 0 Å². The molecule has 0 aliphatic carbocycles. The average Bonchev–Trinajstić information content (AvgIpc) is 3.24. The molecule has 0 bridgehead atoms. The van der Waals surface area contributed by atoms with Crippen molar-refractivity contribution in [1.82, 2.24) is 14.7 Å². The van der Waals surface area contributed by atoms with Crippen molar-refractivity contribution >= 4 is 23.2 Å². The molecule has 6 nitrogen and oxygen atoms in total. The minimum Gasteiger partial charge on any atom is -0.379 e. The summed E-state index contributed by atoms with van der Waals surface area (Å²) in [4.78, 5) is 15.4. The first-order valence-electron chi connectivity index (χ1n) is 9.63. The maximum atomic E-state index is 13.3. The molecule has 1 aliphatic rings. The van der Waals surface area contributed by atoms with E-state index in [0.717, 1.165) is 16.8 Å². The Morgan fingerprint density at radius 3 is 2.66 bits per heavy atom. The fraction of sp³-hybridized carbons (Fsp3) is 0.273. The van der Waals surface area contributed by atoms with E-state index in [4.69, 9.17) is 16.3 Å². The highest BCUT2D eigenvalue weighted by molar-refractivity contribution is 6.30. The van der Waals surface area contributed by atoms with Crippen molar-refractivity contribution in [2.45, 2.75) is 12.6 Å². The summed E-state index contributed by atoms with van der Waals surface area (Å²) in [6.07, 6.45) is 3.67. The number of rotatable bonds is 6. The molecule has 0 saturated carbocycles. The maximum Gasteiger partial charge on any atom is 0.246 e. The molecule has 0 unspecified atom stereocenters. The number of benzene rings is 2. The van der Waals surface area contributed by atoms with Crippen LogP contribution < -0.4 is 5.32 Å². The molecule has 150 valence electrons. The Kier molecular flexibility index (Phi) is 6.24. The van der Waals surface area contributed by atoms with Gasteiger partial charge in [0.1, 0.15) is 6.04 Å². The summed E-state index contributed by atoms with van der Waals surface area (Å²) in [5.41, 5.74) is 2.76. The summed E-state index contributed by atoms with van der Waals surface area (Å²) in [5, 5.41) is 7.98. The molecule has 0 spiro atoms. The topological polar surface area (TPSA) is 59.4 Å². The second-order valence-electron chi connectivity index (χ2n) is 7.00. The molecule has 1 aliphatic heterocycles. The number of hydrogen-bond acceptors (Lipinski definition) is 4. The molecule has 1 saturated heterocycles. The third kappa shape index (κ3) is 5.03. The highest BCUT2D eigenvalue weighted by Crippen LogP contribution is 2.25. The predicted molar refractivity (Wildman–Crippen MR) is 113 cm³/mol. The monoisotopic (exact) mass is 410 g/mol. The van der Waals surface area contributed by atoms with Crippen LogP contribution in [-0.2, 0) is 16.1 Å². The summed E-state index contributed by atoms with van der Waals surface area (Å²) in [5.74, 6) is -0.0644. The zero-order chi connectivity index (χ0) is 20.1. The lowest BCUT2D eigenvalue weighted by Gasteiger charge is -2.33. The average molecular weight is 411 g/mol. The van der Waals surface area contributed by atoms with Gasteiger partial charge in [-0.25, -0.2) is 0 Å². The van der Waals surface area contributed by atoms with Crippen LogP contribution in [0.3, 0.4) is 0 Å². The van der Waals surface area contributed by atoms with E-state index < -0.39 is 6.04 Å². The van der Waals surface area contributed by atoms with Crippen LogP contribution in [0.1, 0.15) is 17.2 Å². The van der Waals surface area contributed by atoms with Crippen LogP contribution in [0.4, 0.5) is 5.69 Å². The van der Waals surface area contributed by atoms with Gasteiger partial charge < -0.3 is 10.1 Å². The zero-order valence-corrected chi connectivity index (χ0v) is 16.8. The fourth-order valence-corrected chi connectivity index (χ4v) is 3.67. The number of morpholine rings is 1. The number of anilines is 1. The number of ether oxygens (including phenoxy) is 1. The highest BCUT2D eigenvalue weighted by Gasteiger charge is 2.29. The molecular formula is C22H23ClN4O2. The van der Waals surface area contributed by atoms with Gasteiger partial charge in [-0.15, -0.1) is 0 Å². The van der Waals surface area contributed by atoms with Crippen molar-refractivity contribution < 1.29 is 9.53 Å². The fourth-order valence-electron chi connectivity index (χ4n) is 3.55. The van der Waals surface area contributed by atoms with Crippen molar-refractivity contribution in [3.63, 3.8) is 0 Å². The van der Waals surface area contributed by atoms with E-state index in [2.05, 4.69) is 15.3 Å². The molecule has 1 amide bonds. The number of carbonyl (C=O) groups excluding carboxylic acids is 1. The van der Waals surface area contributed by atoms with Crippen LogP contribution in [0, 0.1) is 0 Å². The smallest absolute Gasteiger partial charge is 0.246 e. The Morgan fingerprint density at radius 1 is 1.14 bits per heavy atom. The number of aromatic nitrogens is 2. The number of amides is 1. The first-order chi connectivity index (χ1) is 14.2. The van der Waals surface area contributed by atoms with Gasteiger partial charge in [0.05, 0.1) is 19.8 Å². The van der Waals surface area contributed by atoms with Crippen LogP contribution in [0.5, 0.6) is 0 Å². The van der Waals surface area contributed by atoms with Gasteiger partial charge in [0.2, 0.25) is 5.91 Å². The van der Waals surface area contributed by atoms with E-state index in [1.165, 1.54) is 0 Å². The van der Waals surface area contributed by atoms with Gasteiger partial charge in [0.15, 0.2) is 0 Å². The van der Waals surface area contributed by atoms with E-state index >= 15 is 0 Å². The van der Waals surface area contributed by atoms with Crippen molar-refractivity contribution in [3.05, 3.63) is 83.1 Å². The van der Waals surface area contributed by atoms with Gasteiger partial charge in [-0.3, -0.25) is 14.4 Å². The van der Waals surface area contributed by atoms with Gasteiger partial charge in [-0.05, 0) is 41.5 Å². The number of hydrogen-bond donors (Lipinski definition) is 1. The molecule has 0 radical (unpaired) electrons. The molecule has 1 N–H and O–H groups in total. The van der Waals surface area contributed by atoms with Crippen LogP contribution in [-0.4, -0.2) is 46.9 Å². The van der Waals surface area contributed by atoms with Crippen LogP contribution >= 0.6 is 11.6 Å². The number of nitrogens with one attached hydrogen (secondary N) is 1. The first kappa shape index (κ1) is 19.6. The summed E-state index contributed by atoms with van der Waals surface area (Å²) < 4.78 is 7.32. The Hall–Kier alpha value is -2.67. The molecule has 2 aromatic carbocycles. The molecule has 2 heterocycles. The van der Waals surface area contributed by atoms with Gasteiger partial charge in [-0.1, -0.05) is 35.9 Å². The molecule has 1 atom stereocenters. The van der Waals surface area contributed by atoms with E-state index in [1.807, 2.05) is 65.5 Å². The molecule has 3 aromatic rings. The Morgan fingerprint density at radius 2 is 1.93 bits per heavy atom. The minimum atomic E-state index is -0.397. The second-order valence-corrected chi connectivity index (χ2v) is 7.43. The number of nitrogens with zero attached hydrogens (tertiary/aromatic N) is 3. The number of carbonyl (C=O) groups is 1. The second kappa shape index (κ2) is 9.22. The van der Waals surface area contributed by atoms with Crippen molar-refractivity contribution in [2.75, 3.05) is 31.6 Å². The maximum absolute atomic E-state index is 13.3. The summed E-state index contributed by atoms with van der Waals surface area (Å²) in [7, 11) is 0. The van der Waals surface area contributed by atoms with E-state index in [-0.39, 0.29) is 5.91 Å². The largest absolute Gasteiger partial charge is 0.379 e.